The Balaban J connectivity index is 2.45. The Labute approximate surface area is 143 Å². The lowest BCUT2D eigenvalue weighted by Crippen LogP contribution is -2.19. The first-order valence-corrected chi connectivity index (χ1v) is 7.77. The smallest absolute Gasteiger partial charge is 0.162 e. The highest BCUT2D eigenvalue weighted by Crippen LogP contribution is 2.39. The average Bonchev–Trinajstić information content (AvgIpc) is 2.95. The lowest BCUT2D eigenvalue weighted by atomic mass is 10.1. The van der Waals surface area contributed by atoms with Gasteiger partial charge in [-0.1, -0.05) is 24.8 Å². The highest BCUT2D eigenvalue weighted by atomic mass is 16.5. The van der Waals surface area contributed by atoms with Gasteiger partial charge in [0.25, 0.3) is 0 Å². The van der Waals surface area contributed by atoms with Crippen molar-refractivity contribution in [2.24, 2.45) is 5.73 Å². The van der Waals surface area contributed by atoms with E-state index in [0.717, 1.165) is 29.9 Å². The summed E-state index contributed by atoms with van der Waals surface area (Å²) in [6.45, 7) is 6.64. The van der Waals surface area contributed by atoms with Crippen molar-refractivity contribution in [1.82, 2.24) is 4.90 Å². The molecule has 0 atom stereocenters. The number of nitrogen functional groups attached to an aromatic ring is 1. The molecule has 0 spiro atoms. The zero-order chi connectivity index (χ0) is 17.7. The maximum Gasteiger partial charge on any atom is 0.162 e. The van der Waals surface area contributed by atoms with E-state index in [9.17, 15) is 0 Å². The molecule has 128 valence electrons. The molecule has 0 amide bonds. The van der Waals surface area contributed by atoms with Crippen LogP contribution in [0.15, 0.2) is 54.4 Å². The summed E-state index contributed by atoms with van der Waals surface area (Å²) < 4.78 is 10.7. The predicted molar refractivity (Wildman–Crippen MR) is 99.5 cm³/mol. The van der Waals surface area contributed by atoms with E-state index in [0.29, 0.717) is 17.2 Å². The number of methoxy groups -OCH3 is 2. The normalized spacial score (nSPS) is 15.3. The maximum atomic E-state index is 6.22. The highest BCUT2D eigenvalue weighted by Gasteiger charge is 2.23. The summed E-state index contributed by atoms with van der Waals surface area (Å²) in [5.74, 6) is 1.21. The third kappa shape index (κ3) is 3.25. The standard InChI is InChI=1S/C19H25N3O2/c1-5-6-7-14-8-9-22(13(14)2)17(12-20)15-10-18(23-3)19(24-4)11-16(15)21/h5-7,10-12H,1,8-9,20-21H2,2-4H3/b7-6-,17-12+. The summed E-state index contributed by atoms with van der Waals surface area (Å²) >= 11 is 0. The molecule has 1 heterocycles. The van der Waals surface area contributed by atoms with Crippen LogP contribution in [0, 0.1) is 0 Å². The number of hydrogen-bond acceptors (Lipinski definition) is 5. The van der Waals surface area contributed by atoms with Crippen molar-refractivity contribution in [2.75, 3.05) is 26.5 Å². The molecule has 1 aromatic rings. The minimum absolute atomic E-state index is 0.590. The van der Waals surface area contributed by atoms with Gasteiger partial charge in [-0.3, -0.25) is 0 Å². The molecule has 0 aromatic heterocycles. The predicted octanol–water partition coefficient (Wildman–Crippen LogP) is 3.27. The molecule has 24 heavy (non-hydrogen) atoms. The average molecular weight is 327 g/mol. The van der Waals surface area contributed by atoms with Gasteiger partial charge in [0.2, 0.25) is 0 Å². The molecule has 4 N–H and O–H groups in total. The van der Waals surface area contributed by atoms with E-state index in [-0.39, 0.29) is 0 Å². The van der Waals surface area contributed by atoms with Crippen molar-refractivity contribution in [3.63, 3.8) is 0 Å². The topological polar surface area (TPSA) is 73.7 Å². The second kappa shape index (κ2) is 7.64. The van der Waals surface area contributed by atoms with E-state index in [1.807, 2.05) is 12.1 Å². The van der Waals surface area contributed by atoms with Crippen molar-refractivity contribution in [2.45, 2.75) is 13.3 Å². The van der Waals surface area contributed by atoms with Gasteiger partial charge in [0.15, 0.2) is 11.5 Å². The van der Waals surface area contributed by atoms with Crippen molar-refractivity contribution in [1.29, 1.82) is 0 Å². The first-order valence-electron chi connectivity index (χ1n) is 7.77. The van der Waals surface area contributed by atoms with Crippen molar-refractivity contribution in [3.05, 3.63) is 60.0 Å². The molecule has 2 rings (SSSR count). The van der Waals surface area contributed by atoms with E-state index >= 15 is 0 Å². The Bertz CT molecular complexity index is 718. The number of benzene rings is 1. The summed E-state index contributed by atoms with van der Waals surface area (Å²) in [4.78, 5) is 2.17. The van der Waals surface area contributed by atoms with Gasteiger partial charge in [-0.2, -0.15) is 0 Å². The van der Waals surface area contributed by atoms with Gasteiger partial charge in [0.1, 0.15) is 0 Å². The third-order valence-corrected chi connectivity index (χ3v) is 4.19. The number of nitrogens with two attached hydrogens (primary N) is 2. The number of allylic oxidation sites excluding steroid dienone is 4. The summed E-state index contributed by atoms with van der Waals surface area (Å²) in [6, 6.07) is 3.61. The van der Waals surface area contributed by atoms with Crippen LogP contribution in [0.5, 0.6) is 11.5 Å². The lowest BCUT2D eigenvalue weighted by molar-refractivity contribution is 0.355. The van der Waals surface area contributed by atoms with E-state index < -0.39 is 0 Å². The van der Waals surface area contributed by atoms with Gasteiger partial charge in [-0.15, -0.1) is 0 Å². The minimum atomic E-state index is 0.590. The highest BCUT2D eigenvalue weighted by molar-refractivity contribution is 5.78. The van der Waals surface area contributed by atoms with Crippen molar-refractivity contribution < 1.29 is 9.47 Å². The van der Waals surface area contributed by atoms with Crippen molar-refractivity contribution in [3.8, 4) is 11.5 Å². The summed E-state index contributed by atoms with van der Waals surface area (Å²) in [7, 11) is 3.19. The molecular formula is C19H25N3O2. The van der Waals surface area contributed by atoms with Gasteiger partial charge in [-0.05, 0) is 25.0 Å². The van der Waals surface area contributed by atoms with E-state index in [2.05, 4.69) is 24.5 Å². The SMILES string of the molecule is C=C/C=C\C1=C(C)N(/C(=C/N)c2cc(OC)c(OC)cc2N)CC1. The molecule has 0 aliphatic carbocycles. The molecule has 0 bridgehead atoms. The lowest BCUT2D eigenvalue weighted by Gasteiger charge is -2.25. The number of anilines is 1. The number of ether oxygens (including phenoxy) is 2. The fourth-order valence-electron chi connectivity index (χ4n) is 2.89. The quantitative estimate of drug-likeness (QED) is 0.620. The van der Waals surface area contributed by atoms with Crippen LogP contribution >= 0.6 is 0 Å². The molecule has 0 unspecified atom stereocenters. The van der Waals surface area contributed by atoms with Crippen LogP contribution in [0.4, 0.5) is 5.69 Å². The van der Waals surface area contributed by atoms with Crippen LogP contribution in [0.2, 0.25) is 0 Å². The summed E-state index contributed by atoms with van der Waals surface area (Å²) in [6.07, 6.45) is 8.32. The van der Waals surface area contributed by atoms with Crippen LogP contribution in [0.25, 0.3) is 5.70 Å². The summed E-state index contributed by atoms with van der Waals surface area (Å²) in [5, 5.41) is 0. The van der Waals surface area contributed by atoms with E-state index in [4.69, 9.17) is 20.9 Å². The molecule has 1 aliphatic rings. The first kappa shape index (κ1) is 17.5. The Kier molecular flexibility index (Phi) is 5.58. The fraction of sp³-hybridized carbons (Fsp3) is 0.263. The Morgan fingerprint density at radius 3 is 2.50 bits per heavy atom. The first-order chi connectivity index (χ1) is 11.6. The van der Waals surface area contributed by atoms with Gasteiger partial charge >= 0.3 is 0 Å². The molecular weight excluding hydrogens is 302 g/mol. The Morgan fingerprint density at radius 1 is 1.25 bits per heavy atom. The molecule has 1 aromatic carbocycles. The second-order valence-electron chi connectivity index (χ2n) is 5.45. The maximum absolute atomic E-state index is 6.22. The van der Waals surface area contributed by atoms with Crippen molar-refractivity contribution >= 4 is 11.4 Å². The molecule has 0 saturated heterocycles. The van der Waals surface area contributed by atoms with Crippen LogP contribution < -0.4 is 20.9 Å². The van der Waals surface area contributed by atoms with Crippen LogP contribution in [0.1, 0.15) is 18.9 Å². The Morgan fingerprint density at radius 2 is 1.92 bits per heavy atom. The van der Waals surface area contributed by atoms with Gasteiger partial charge in [-0.25, -0.2) is 0 Å². The van der Waals surface area contributed by atoms with Gasteiger partial charge in [0.05, 0.1) is 19.9 Å². The van der Waals surface area contributed by atoms with Gasteiger partial charge < -0.3 is 25.8 Å². The molecule has 5 nitrogen and oxygen atoms in total. The van der Waals surface area contributed by atoms with Crippen LogP contribution in [-0.4, -0.2) is 25.7 Å². The third-order valence-electron chi connectivity index (χ3n) is 4.19. The molecule has 5 heteroatoms. The van der Waals surface area contributed by atoms with E-state index in [1.54, 1.807) is 32.6 Å². The molecule has 0 saturated carbocycles. The summed E-state index contributed by atoms with van der Waals surface area (Å²) in [5.41, 5.74) is 16.8. The zero-order valence-corrected chi connectivity index (χ0v) is 14.5. The monoisotopic (exact) mass is 327 g/mol. The van der Waals surface area contributed by atoms with E-state index in [1.165, 1.54) is 5.57 Å². The number of nitrogens with zero attached hydrogens (tertiary/aromatic N) is 1. The fourth-order valence-corrected chi connectivity index (χ4v) is 2.89. The minimum Gasteiger partial charge on any atom is -0.493 e. The van der Waals surface area contributed by atoms with Gasteiger partial charge in [0, 0.05) is 35.8 Å². The molecule has 0 fully saturated rings. The second-order valence-corrected chi connectivity index (χ2v) is 5.45. The molecule has 0 radical (unpaired) electrons. The van der Waals surface area contributed by atoms with Crippen LogP contribution in [0.3, 0.4) is 0 Å². The zero-order valence-electron chi connectivity index (χ0n) is 14.5. The number of hydrogen-bond donors (Lipinski definition) is 2. The van der Waals surface area contributed by atoms with Crippen LogP contribution in [-0.2, 0) is 0 Å². The number of rotatable bonds is 6. The largest absolute Gasteiger partial charge is 0.493 e. The molecule has 1 aliphatic heterocycles. The Hall–Kier alpha value is -2.82.